The van der Waals surface area contributed by atoms with E-state index in [0.717, 1.165) is 18.6 Å². The fourth-order valence-electron chi connectivity index (χ4n) is 1.90. The van der Waals surface area contributed by atoms with E-state index in [2.05, 4.69) is 64.9 Å². The quantitative estimate of drug-likeness (QED) is 0.349. The maximum Gasteiger partial charge on any atom is 0.250 e. The second-order valence-electron chi connectivity index (χ2n) is 7.11. The molecule has 1 aliphatic carbocycles. The zero-order valence-corrected chi connectivity index (χ0v) is 16.2. The molecule has 0 saturated carbocycles. The van der Waals surface area contributed by atoms with Gasteiger partial charge < -0.3 is 9.16 Å². The number of hydrogen-bond donors (Lipinski definition) is 0. The van der Waals surface area contributed by atoms with Crippen LogP contribution in [0, 0.1) is 0 Å². The van der Waals surface area contributed by atoms with Crippen LogP contribution in [-0.2, 0) is 9.16 Å². The third-order valence-corrected chi connectivity index (χ3v) is 9.05. The van der Waals surface area contributed by atoms with Crippen LogP contribution in [0.2, 0.25) is 18.1 Å². The third-order valence-electron chi connectivity index (χ3n) is 4.33. The monoisotopic (exact) mass is 326 g/mol. The number of ether oxygens (including phenoxy) is 1. The molecule has 0 amide bonds. The number of rotatable bonds is 7. The van der Waals surface area contributed by atoms with Crippen molar-refractivity contribution in [1.82, 2.24) is 0 Å². The molecule has 0 aliphatic heterocycles. The molecule has 1 rings (SSSR count). The topological polar surface area (TPSA) is 18.5 Å². The van der Waals surface area contributed by atoms with Gasteiger partial charge in [0, 0.05) is 6.42 Å². The number of hydrogen-bond acceptors (Lipinski definition) is 3. The van der Waals surface area contributed by atoms with Crippen LogP contribution in [0.3, 0.4) is 0 Å². The highest BCUT2D eigenvalue weighted by atomic mass is 32.2. The molecule has 0 saturated heterocycles. The van der Waals surface area contributed by atoms with Crippen LogP contribution in [-0.4, -0.2) is 26.1 Å². The first-order valence-corrected chi connectivity index (χ1v) is 11.8. The van der Waals surface area contributed by atoms with Gasteiger partial charge in [0.15, 0.2) is 0 Å². The van der Waals surface area contributed by atoms with E-state index >= 15 is 0 Å². The predicted octanol–water partition coefficient (Wildman–Crippen LogP) is 5.50. The molecular weight excluding hydrogens is 296 g/mol. The summed E-state index contributed by atoms with van der Waals surface area (Å²) in [6, 6.07) is 0. The lowest BCUT2D eigenvalue weighted by molar-refractivity contribution is 0.0247. The number of allylic oxidation sites excluding steroid dienone is 1. The highest BCUT2D eigenvalue weighted by molar-refractivity contribution is 7.98. The Morgan fingerprint density at radius 1 is 1.43 bits per heavy atom. The SMILES string of the molecule is C=CCC1(OCSC)C=CC(O[Si](C)(C)C(C)(C)C)=CC1. The molecule has 0 aromatic rings. The van der Waals surface area contributed by atoms with Gasteiger partial charge in [-0.15, -0.1) is 18.3 Å². The molecule has 0 heterocycles. The zero-order chi connectivity index (χ0) is 16.1. The maximum absolute atomic E-state index is 6.35. The second kappa shape index (κ2) is 7.21. The average molecular weight is 327 g/mol. The number of thioether (sulfide) groups is 1. The molecule has 0 spiro atoms. The van der Waals surface area contributed by atoms with Crippen LogP contribution in [0.5, 0.6) is 0 Å². The molecule has 1 atom stereocenters. The summed E-state index contributed by atoms with van der Waals surface area (Å²) in [7, 11) is -1.77. The Morgan fingerprint density at radius 2 is 2.10 bits per heavy atom. The van der Waals surface area contributed by atoms with Gasteiger partial charge >= 0.3 is 0 Å². The molecule has 120 valence electrons. The summed E-state index contributed by atoms with van der Waals surface area (Å²) in [6.07, 6.45) is 12.0. The molecule has 0 aromatic carbocycles. The largest absolute Gasteiger partial charge is 0.544 e. The van der Waals surface area contributed by atoms with E-state index in [0.29, 0.717) is 5.94 Å². The molecule has 1 unspecified atom stereocenters. The Labute approximate surface area is 135 Å². The Morgan fingerprint density at radius 3 is 2.52 bits per heavy atom. The lowest BCUT2D eigenvalue weighted by Crippen LogP contribution is -2.41. The van der Waals surface area contributed by atoms with Crippen molar-refractivity contribution in [3.8, 4) is 0 Å². The van der Waals surface area contributed by atoms with E-state index in [1.165, 1.54) is 0 Å². The summed E-state index contributed by atoms with van der Waals surface area (Å²) in [6.45, 7) is 15.2. The average Bonchev–Trinajstić information content (AvgIpc) is 2.38. The highest BCUT2D eigenvalue weighted by Crippen LogP contribution is 2.39. The first-order chi connectivity index (χ1) is 9.66. The minimum absolute atomic E-state index is 0.215. The lowest BCUT2D eigenvalue weighted by Gasteiger charge is -2.38. The molecule has 4 heteroatoms. The first kappa shape index (κ1) is 18.6. The van der Waals surface area contributed by atoms with Crippen molar-refractivity contribution in [1.29, 1.82) is 0 Å². The normalized spacial score (nSPS) is 22.9. The van der Waals surface area contributed by atoms with Gasteiger partial charge in [0.2, 0.25) is 8.32 Å². The fourth-order valence-corrected chi connectivity index (χ4v) is 3.30. The summed E-state index contributed by atoms with van der Waals surface area (Å²) >= 11 is 1.70. The second-order valence-corrected chi connectivity index (χ2v) is 12.7. The van der Waals surface area contributed by atoms with Crippen molar-refractivity contribution >= 4 is 20.1 Å². The van der Waals surface area contributed by atoms with Crippen LogP contribution in [0.15, 0.2) is 36.6 Å². The van der Waals surface area contributed by atoms with E-state index in [9.17, 15) is 0 Å². The van der Waals surface area contributed by atoms with Gasteiger partial charge in [0.1, 0.15) is 0 Å². The molecule has 2 nitrogen and oxygen atoms in total. The molecule has 0 aromatic heterocycles. The zero-order valence-electron chi connectivity index (χ0n) is 14.4. The summed E-state index contributed by atoms with van der Waals surface area (Å²) in [5.74, 6) is 1.69. The molecule has 0 radical (unpaired) electrons. The van der Waals surface area contributed by atoms with Crippen molar-refractivity contribution < 1.29 is 9.16 Å². The summed E-state index contributed by atoms with van der Waals surface area (Å²) < 4.78 is 12.4. The van der Waals surface area contributed by atoms with Gasteiger partial charge in [0.05, 0.1) is 17.3 Å². The molecule has 0 bridgehead atoms. The standard InChI is InChI=1S/C17H30O2SSi/c1-8-11-17(18-14-20-5)12-9-15(10-13-17)19-21(6,7)16(2,3)4/h8-10,12H,1,11,13-14H2,2-7H3. The van der Waals surface area contributed by atoms with Gasteiger partial charge in [-0.2, -0.15) is 0 Å². The third kappa shape index (κ3) is 5.04. The van der Waals surface area contributed by atoms with Crippen LogP contribution in [0.1, 0.15) is 33.6 Å². The first-order valence-electron chi connectivity index (χ1n) is 7.48. The van der Waals surface area contributed by atoms with Gasteiger partial charge in [-0.1, -0.05) is 26.8 Å². The summed E-state index contributed by atoms with van der Waals surface area (Å²) in [4.78, 5) is 0. The van der Waals surface area contributed by atoms with Gasteiger partial charge in [-0.25, -0.2) is 0 Å². The minimum atomic E-state index is -1.77. The summed E-state index contributed by atoms with van der Waals surface area (Å²) in [5, 5.41) is 0.215. The Balaban J connectivity index is 2.77. The molecule has 0 N–H and O–H groups in total. The minimum Gasteiger partial charge on any atom is -0.544 e. The van der Waals surface area contributed by atoms with Crippen LogP contribution >= 0.6 is 11.8 Å². The van der Waals surface area contributed by atoms with E-state index in [1.54, 1.807) is 11.8 Å². The molecule has 0 fully saturated rings. The summed E-state index contributed by atoms with van der Waals surface area (Å²) in [5.41, 5.74) is -0.245. The Hall–Kier alpha value is -0.453. The van der Waals surface area contributed by atoms with Gasteiger partial charge in [-0.3, -0.25) is 0 Å². The van der Waals surface area contributed by atoms with Crippen LogP contribution in [0.4, 0.5) is 0 Å². The predicted molar refractivity (Wildman–Crippen MR) is 97.1 cm³/mol. The van der Waals surface area contributed by atoms with E-state index in [-0.39, 0.29) is 10.6 Å². The Kier molecular flexibility index (Phi) is 6.38. The molecule has 1 aliphatic rings. The van der Waals surface area contributed by atoms with E-state index in [1.807, 2.05) is 6.08 Å². The van der Waals surface area contributed by atoms with Crippen molar-refractivity contribution in [3.05, 3.63) is 36.6 Å². The van der Waals surface area contributed by atoms with Gasteiger partial charge in [-0.05, 0) is 49.0 Å². The molecular formula is C17H30O2SSi. The van der Waals surface area contributed by atoms with E-state index < -0.39 is 8.32 Å². The van der Waals surface area contributed by atoms with Gasteiger partial charge in [0.25, 0.3) is 0 Å². The van der Waals surface area contributed by atoms with Crippen molar-refractivity contribution in [3.63, 3.8) is 0 Å². The van der Waals surface area contributed by atoms with Crippen molar-refractivity contribution in [2.45, 2.75) is 57.3 Å². The smallest absolute Gasteiger partial charge is 0.250 e. The van der Waals surface area contributed by atoms with Crippen molar-refractivity contribution in [2.75, 3.05) is 12.2 Å². The van der Waals surface area contributed by atoms with E-state index in [4.69, 9.17) is 9.16 Å². The fraction of sp³-hybridized carbons (Fsp3) is 0.647. The maximum atomic E-state index is 6.35. The molecule has 21 heavy (non-hydrogen) atoms. The van der Waals surface area contributed by atoms with Crippen molar-refractivity contribution in [2.24, 2.45) is 0 Å². The Bertz CT molecular complexity index is 421. The van der Waals surface area contributed by atoms with Crippen LogP contribution < -0.4 is 0 Å². The lowest BCUT2D eigenvalue weighted by atomic mass is 9.91. The van der Waals surface area contributed by atoms with Crippen LogP contribution in [0.25, 0.3) is 0 Å². The highest BCUT2D eigenvalue weighted by Gasteiger charge is 2.39.